The summed E-state index contributed by atoms with van der Waals surface area (Å²) in [5.41, 5.74) is 0.572. The van der Waals surface area contributed by atoms with Gasteiger partial charge in [-0.05, 0) is 24.3 Å². The molecule has 2 aromatic carbocycles. The number of phenols is 2. The number of para-hydroxylation sites is 2. The fourth-order valence-electron chi connectivity index (χ4n) is 2.33. The summed E-state index contributed by atoms with van der Waals surface area (Å²) in [6.45, 7) is 0. The number of aromatic hydroxyl groups is 2. The third-order valence-electron chi connectivity index (χ3n) is 3.47. The van der Waals surface area contributed by atoms with Crippen LogP contribution in [0.4, 0.5) is 0 Å². The van der Waals surface area contributed by atoms with Gasteiger partial charge >= 0.3 is 0 Å². The zero-order valence-electron chi connectivity index (χ0n) is 12.5. The summed E-state index contributed by atoms with van der Waals surface area (Å²) >= 11 is 0. The van der Waals surface area contributed by atoms with Crippen LogP contribution in [0.3, 0.4) is 0 Å². The van der Waals surface area contributed by atoms with Gasteiger partial charge in [-0.2, -0.15) is 0 Å². The molecule has 0 aliphatic heterocycles. The molecule has 0 amide bonds. The van der Waals surface area contributed by atoms with E-state index >= 15 is 0 Å². The lowest BCUT2D eigenvalue weighted by Crippen LogP contribution is -2.01. The van der Waals surface area contributed by atoms with Crippen molar-refractivity contribution in [1.29, 1.82) is 0 Å². The first-order chi connectivity index (χ1) is 11.5. The van der Waals surface area contributed by atoms with Crippen molar-refractivity contribution in [2.75, 3.05) is 0 Å². The van der Waals surface area contributed by atoms with E-state index in [4.69, 9.17) is 0 Å². The van der Waals surface area contributed by atoms with Crippen LogP contribution in [0.2, 0.25) is 0 Å². The van der Waals surface area contributed by atoms with Crippen molar-refractivity contribution < 1.29 is 10.2 Å². The van der Waals surface area contributed by atoms with Gasteiger partial charge in [-0.15, -0.1) is 0 Å². The zero-order chi connectivity index (χ0) is 17.1. The molecule has 0 radical (unpaired) electrons. The number of pyridine rings is 2. The number of phenolic OH excluding ortho intramolecular Hbond substituents is 2. The molecule has 0 aliphatic rings. The Morgan fingerprint density at radius 3 is 1.42 bits per heavy atom. The minimum atomic E-state index is -0.205. The topological polar surface area (TPSA) is 106 Å². The van der Waals surface area contributed by atoms with Gasteiger partial charge in [0.1, 0.15) is 11.5 Å². The van der Waals surface area contributed by atoms with E-state index in [1.54, 1.807) is 24.3 Å². The molecule has 2 aromatic heterocycles. The van der Waals surface area contributed by atoms with Crippen molar-refractivity contribution >= 4 is 21.8 Å². The SMILES string of the molecule is O=c1ccc2cccc(O)c2[nH]1.O=c1ccc2cccc(O)c2[nH]1. The van der Waals surface area contributed by atoms with Crippen LogP contribution >= 0.6 is 0 Å². The van der Waals surface area contributed by atoms with Gasteiger partial charge in [0.15, 0.2) is 0 Å². The monoisotopic (exact) mass is 322 g/mol. The predicted octanol–water partition coefficient (Wildman–Crippen LogP) is 2.47. The second-order valence-electron chi connectivity index (χ2n) is 5.13. The van der Waals surface area contributed by atoms with Gasteiger partial charge in [0.05, 0.1) is 11.0 Å². The van der Waals surface area contributed by atoms with Gasteiger partial charge < -0.3 is 20.2 Å². The molecule has 120 valence electrons. The Morgan fingerprint density at radius 2 is 1.00 bits per heavy atom. The highest BCUT2D eigenvalue weighted by atomic mass is 16.3. The van der Waals surface area contributed by atoms with Crippen LogP contribution in [0.25, 0.3) is 21.8 Å². The van der Waals surface area contributed by atoms with Crippen molar-refractivity contribution in [3.8, 4) is 11.5 Å². The summed E-state index contributed by atoms with van der Waals surface area (Å²) in [6.07, 6.45) is 0. The van der Waals surface area contributed by atoms with Crippen LogP contribution in [0.5, 0.6) is 11.5 Å². The fraction of sp³-hybridized carbons (Fsp3) is 0. The maximum absolute atomic E-state index is 10.9. The van der Waals surface area contributed by atoms with E-state index in [2.05, 4.69) is 9.97 Å². The molecule has 4 aromatic rings. The number of hydrogen-bond donors (Lipinski definition) is 4. The summed E-state index contributed by atoms with van der Waals surface area (Å²) in [5.74, 6) is 0.204. The van der Waals surface area contributed by atoms with E-state index < -0.39 is 0 Å². The quantitative estimate of drug-likeness (QED) is 0.399. The Bertz CT molecular complexity index is 1040. The molecule has 6 nitrogen and oxygen atoms in total. The molecular formula is C18H14N2O4. The van der Waals surface area contributed by atoms with Crippen molar-refractivity contribution in [2.45, 2.75) is 0 Å². The molecule has 4 N–H and O–H groups in total. The van der Waals surface area contributed by atoms with Crippen molar-refractivity contribution in [3.63, 3.8) is 0 Å². The van der Waals surface area contributed by atoms with E-state index in [9.17, 15) is 19.8 Å². The highest BCUT2D eigenvalue weighted by Gasteiger charge is 1.98. The molecule has 4 rings (SSSR count). The average Bonchev–Trinajstić information content (AvgIpc) is 2.57. The summed E-state index contributed by atoms with van der Waals surface area (Å²) in [5, 5.41) is 20.3. The standard InChI is InChI=1S/2C9H7NO2/c2*11-7-3-1-2-6-4-5-8(12)10-9(6)7/h2*1-5,11H,(H,10,12). The second-order valence-corrected chi connectivity index (χ2v) is 5.13. The van der Waals surface area contributed by atoms with E-state index in [0.717, 1.165) is 10.8 Å². The number of benzene rings is 2. The molecule has 0 aliphatic carbocycles. The van der Waals surface area contributed by atoms with Crippen LogP contribution in [0.1, 0.15) is 0 Å². The van der Waals surface area contributed by atoms with Gasteiger partial charge in [-0.3, -0.25) is 9.59 Å². The summed E-state index contributed by atoms with van der Waals surface area (Å²) in [7, 11) is 0. The Hall–Kier alpha value is -3.54. The number of aromatic nitrogens is 2. The first kappa shape index (κ1) is 15.4. The Labute approximate surface area is 135 Å². The molecule has 0 unspecified atom stereocenters. The minimum absolute atomic E-state index is 0.102. The van der Waals surface area contributed by atoms with Gasteiger partial charge in [-0.1, -0.05) is 24.3 Å². The molecule has 0 saturated carbocycles. The molecule has 0 bridgehead atoms. The number of aromatic amines is 2. The smallest absolute Gasteiger partial charge is 0.248 e. The lowest BCUT2D eigenvalue weighted by molar-refractivity contribution is 0.480. The maximum Gasteiger partial charge on any atom is 0.248 e. The third kappa shape index (κ3) is 3.12. The zero-order valence-corrected chi connectivity index (χ0v) is 12.5. The third-order valence-corrected chi connectivity index (χ3v) is 3.47. The number of nitrogens with one attached hydrogen (secondary N) is 2. The van der Waals surface area contributed by atoms with Crippen molar-refractivity contribution in [1.82, 2.24) is 9.97 Å². The Balaban J connectivity index is 0.000000141. The van der Waals surface area contributed by atoms with E-state index in [-0.39, 0.29) is 22.6 Å². The summed E-state index contributed by atoms with van der Waals surface area (Å²) in [6, 6.07) is 16.4. The van der Waals surface area contributed by atoms with Crippen LogP contribution in [-0.2, 0) is 0 Å². The minimum Gasteiger partial charge on any atom is -0.506 e. The Kier molecular flexibility index (Phi) is 4.03. The molecule has 0 atom stereocenters. The first-order valence-electron chi connectivity index (χ1n) is 7.16. The van der Waals surface area contributed by atoms with E-state index in [1.807, 2.05) is 12.1 Å². The molecule has 0 saturated heterocycles. The number of fused-ring (bicyclic) bond motifs is 2. The largest absolute Gasteiger partial charge is 0.506 e. The van der Waals surface area contributed by atoms with E-state index in [1.165, 1.54) is 24.3 Å². The molecule has 24 heavy (non-hydrogen) atoms. The van der Waals surface area contributed by atoms with Gasteiger partial charge in [0, 0.05) is 22.9 Å². The molecule has 6 heteroatoms. The van der Waals surface area contributed by atoms with Crippen LogP contribution in [-0.4, -0.2) is 20.2 Å². The lowest BCUT2D eigenvalue weighted by atomic mass is 10.2. The van der Waals surface area contributed by atoms with Gasteiger partial charge in [-0.25, -0.2) is 0 Å². The maximum atomic E-state index is 10.9. The van der Waals surface area contributed by atoms with Crippen LogP contribution in [0.15, 0.2) is 70.3 Å². The number of rotatable bonds is 0. The highest BCUT2D eigenvalue weighted by Crippen LogP contribution is 2.20. The summed E-state index contributed by atoms with van der Waals surface area (Å²) in [4.78, 5) is 26.8. The normalized spacial score (nSPS) is 10.3. The van der Waals surface area contributed by atoms with Gasteiger partial charge in [0.2, 0.25) is 11.1 Å². The molecule has 0 fully saturated rings. The van der Waals surface area contributed by atoms with E-state index in [0.29, 0.717) is 11.0 Å². The van der Waals surface area contributed by atoms with Crippen molar-refractivity contribution in [3.05, 3.63) is 81.4 Å². The molecule has 2 heterocycles. The first-order valence-corrected chi connectivity index (χ1v) is 7.16. The fourth-order valence-corrected chi connectivity index (χ4v) is 2.33. The van der Waals surface area contributed by atoms with Crippen molar-refractivity contribution in [2.24, 2.45) is 0 Å². The molecular weight excluding hydrogens is 308 g/mol. The Morgan fingerprint density at radius 1 is 0.583 bits per heavy atom. The number of hydrogen-bond acceptors (Lipinski definition) is 4. The van der Waals surface area contributed by atoms with Gasteiger partial charge in [0.25, 0.3) is 0 Å². The predicted molar refractivity (Wildman–Crippen MR) is 92.5 cm³/mol. The number of H-pyrrole nitrogens is 2. The van der Waals surface area contributed by atoms with Crippen LogP contribution in [0, 0.1) is 0 Å². The molecule has 0 spiro atoms. The second kappa shape index (κ2) is 6.29. The lowest BCUT2D eigenvalue weighted by Gasteiger charge is -1.97. The van der Waals surface area contributed by atoms with Crippen LogP contribution < -0.4 is 11.1 Å². The highest BCUT2D eigenvalue weighted by molar-refractivity contribution is 5.84. The summed E-state index contributed by atoms with van der Waals surface area (Å²) < 4.78 is 0. The average molecular weight is 322 g/mol.